The van der Waals surface area contributed by atoms with Crippen molar-refractivity contribution in [2.75, 3.05) is 33.5 Å². The molecule has 10 nitrogen and oxygen atoms in total. The van der Waals surface area contributed by atoms with Crippen LogP contribution in [0.1, 0.15) is 108 Å². The van der Waals surface area contributed by atoms with Crippen LogP contribution >= 0.6 is 0 Å². The minimum Gasteiger partial charge on any atom is -0.497 e. The lowest BCUT2D eigenvalue weighted by Gasteiger charge is -2.52. The fourth-order valence-corrected chi connectivity index (χ4v) is 6.14. The van der Waals surface area contributed by atoms with Crippen molar-refractivity contribution in [2.45, 2.75) is 114 Å². The lowest BCUT2D eigenvalue weighted by Crippen LogP contribution is -2.65. The van der Waals surface area contributed by atoms with Crippen LogP contribution in [0.4, 0.5) is 0 Å². The predicted molar refractivity (Wildman–Crippen MR) is 196 cm³/mol. The van der Waals surface area contributed by atoms with E-state index >= 15 is 0 Å². The molecule has 0 spiro atoms. The molecule has 0 saturated heterocycles. The van der Waals surface area contributed by atoms with E-state index in [1.807, 2.05) is 92.7 Å². The first kappa shape index (κ1) is 44.4. The highest BCUT2D eigenvalue weighted by atomic mass is 16.6. The molecule has 10 heteroatoms. The molecule has 0 bridgehead atoms. The molecule has 0 aliphatic rings. The van der Waals surface area contributed by atoms with Gasteiger partial charge in [0, 0.05) is 24.1 Å². The zero-order chi connectivity index (χ0) is 38.6. The van der Waals surface area contributed by atoms with Crippen LogP contribution in [0.3, 0.4) is 0 Å². The average Bonchev–Trinajstić information content (AvgIpc) is 2.97. The molecule has 50 heavy (non-hydrogen) atoms. The van der Waals surface area contributed by atoms with Gasteiger partial charge in [-0.2, -0.15) is 0 Å². The largest absolute Gasteiger partial charge is 0.497 e. The van der Waals surface area contributed by atoms with E-state index in [4.69, 9.17) is 23.7 Å². The van der Waals surface area contributed by atoms with Crippen molar-refractivity contribution in [1.29, 1.82) is 0 Å². The van der Waals surface area contributed by atoms with Crippen LogP contribution in [0.5, 0.6) is 5.75 Å². The topological polar surface area (TPSA) is 126 Å². The molecule has 1 aromatic rings. The van der Waals surface area contributed by atoms with Crippen molar-refractivity contribution >= 4 is 30.0 Å². The van der Waals surface area contributed by atoms with Crippen molar-refractivity contribution in [1.82, 2.24) is 5.32 Å². The standard InChI is InChI=1S/C40H63NO9/c1-29(42)47-23-25-50-34(45)40(13,27-35(2,3)4)38(10,11)41-37(8,9)28-39(12,36(5,6)7)33(44)49-26-24-48-32(43)18-16-15-17-30-19-21-31(46-14)22-20-30/h15-22,41H,23-28H2,1-14H3. The van der Waals surface area contributed by atoms with Crippen molar-refractivity contribution in [3.63, 3.8) is 0 Å². The Morgan fingerprint density at radius 1 is 0.660 bits per heavy atom. The number of rotatable bonds is 18. The third-order valence-corrected chi connectivity index (χ3v) is 9.20. The van der Waals surface area contributed by atoms with E-state index in [2.05, 4.69) is 26.1 Å². The van der Waals surface area contributed by atoms with E-state index in [1.54, 1.807) is 19.3 Å². The predicted octanol–water partition coefficient (Wildman–Crippen LogP) is 7.49. The van der Waals surface area contributed by atoms with Crippen LogP contribution < -0.4 is 10.1 Å². The molecule has 0 aliphatic heterocycles. The first-order chi connectivity index (χ1) is 22.8. The van der Waals surface area contributed by atoms with Gasteiger partial charge >= 0.3 is 23.9 Å². The molecule has 0 heterocycles. The second kappa shape index (κ2) is 18.0. The highest BCUT2D eigenvalue weighted by Gasteiger charge is 2.54. The number of carbonyl (C=O) groups is 4. The first-order valence-corrected chi connectivity index (χ1v) is 17.2. The lowest BCUT2D eigenvalue weighted by atomic mass is 9.61. The van der Waals surface area contributed by atoms with Gasteiger partial charge in [0.05, 0.1) is 17.9 Å². The molecule has 2 atom stereocenters. The number of methoxy groups -OCH3 is 1. The Hall–Kier alpha value is -3.66. The molecular formula is C40H63NO9. The molecular weight excluding hydrogens is 638 g/mol. The third-order valence-electron chi connectivity index (χ3n) is 9.20. The van der Waals surface area contributed by atoms with Crippen LogP contribution in [0.2, 0.25) is 0 Å². The molecule has 1 rings (SSSR count). The SMILES string of the molecule is COc1ccc(C=CC=CC(=O)OCCOC(=O)C(C)(CC(C)(C)NC(C)(C)C(C)(CC(C)(C)C)C(=O)OCCOC(C)=O)C(C)(C)C)cc1. The monoisotopic (exact) mass is 701 g/mol. The summed E-state index contributed by atoms with van der Waals surface area (Å²) >= 11 is 0. The Labute approximate surface area is 300 Å². The maximum absolute atomic E-state index is 13.7. The smallest absolute Gasteiger partial charge is 0.330 e. The minimum absolute atomic E-state index is 0.0172. The van der Waals surface area contributed by atoms with Crippen molar-refractivity contribution in [3.8, 4) is 5.75 Å². The number of hydrogen-bond acceptors (Lipinski definition) is 10. The number of hydrogen-bond donors (Lipinski definition) is 1. The molecule has 1 aromatic carbocycles. The number of benzene rings is 1. The van der Waals surface area contributed by atoms with Crippen LogP contribution in [0.25, 0.3) is 6.08 Å². The number of carbonyl (C=O) groups excluding carboxylic acids is 4. The molecule has 2 unspecified atom stereocenters. The number of nitrogens with one attached hydrogen (secondary N) is 1. The molecule has 0 fully saturated rings. The average molecular weight is 702 g/mol. The zero-order valence-corrected chi connectivity index (χ0v) is 33.0. The summed E-state index contributed by atoms with van der Waals surface area (Å²) in [6.45, 7) is 25.0. The Bertz CT molecular complexity index is 1350. The summed E-state index contributed by atoms with van der Waals surface area (Å²) in [5, 5.41) is 3.71. The number of ether oxygens (including phenoxy) is 5. The molecule has 0 saturated carbocycles. The molecule has 1 N–H and O–H groups in total. The van der Waals surface area contributed by atoms with Crippen LogP contribution in [0.15, 0.2) is 42.5 Å². The highest BCUT2D eigenvalue weighted by Crippen LogP contribution is 2.48. The van der Waals surface area contributed by atoms with Crippen LogP contribution in [-0.2, 0) is 38.1 Å². The van der Waals surface area contributed by atoms with Crippen molar-refractivity contribution in [2.24, 2.45) is 21.7 Å². The van der Waals surface area contributed by atoms with Gasteiger partial charge in [-0.1, -0.05) is 71.9 Å². The van der Waals surface area contributed by atoms with Gasteiger partial charge < -0.3 is 29.0 Å². The number of allylic oxidation sites excluding steroid dienone is 2. The highest BCUT2D eigenvalue weighted by molar-refractivity contribution is 5.82. The van der Waals surface area contributed by atoms with E-state index in [1.165, 1.54) is 13.0 Å². The van der Waals surface area contributed by atoms with Gasteiger partial charge in [-0.25, -0.2) is 4.79 Å². The fraction of sp³-hybridized carbons (Fsp3) is 0.650. The minimum atomic E-state index is -0.985. The summed E-state index contributed by atoms with van der Waals surface area (Å²) < 4.78 is 26.7. The van der Waals surface area contributed by atoms with Crippen molar-refractivity contribution < 1.29 is 42.9 Å². The summed E-state index contributed by atoms with van der Waals surface area (Å²) in [6.07, 6.45) is 7.35. The first-order valence-electron chi connectivity index (χ1n) is 17.2. The van der Waals surface area contributed by atoms with Gasteiger partial charge in [0.2, 0.25) is 0 Å². The summed E-state index contributed by atoms with van der Waals surface area (Å²) in [6, 6.07) is 7.50. The lowest BCUT2D eigenvalue weighted by molar-refractivity contribution is -0.169. The van der Waals surface area contributed by atoms with E-state index < -0.39 is 51.2 Å². The van der Waals surface area contributed by atoms with Crippen molar-refractivity contribution in [3.05, 3.63) is 48.1 Å². The van der Waals surface area contributed by atoms with Gasteiger partial charge in [-0.05, 0) is 82.9 Å². The second-order valence-electron chi connectivity index (χ2n) is 16.7. The summed E-state index contributed by atoms with van der Waals surface area (Å²) in [5.41, 5.74) is -3.16. The normalized spacial score (nSPS) is 15.2. The maximum Gasteiger partial charge on any atom is 0.330 e. The molecule has 282 valence electrons. The van der Waals surface area contributed by atoms with Gasteiger partial charge in [0.1, 0.15) is 32.2 Å². The number of esters is 4. The Kier molecular flexibility index (Phi) is 16.0. The molecule has 0 aliphatic carbocycles. The summed E-state index contributed by atoms with van der Waals surface area (Å²) in [7, 11) is 1.61. The van der Waals surface area contributed by atoms with Gasteiger partial charge in [-0.3, -0.25) is 14.4 Å². The van der Waals surface area contributed by atoms with E-state index in [-0.39, 0.29) is 31.8 Å². The molecule has 0 aromatic heterocycles. The third kappa shape index (κ3) is 13.9. The summed E-state index contributed by atoms with van der Waals surface area (Å²) in [4.78, 5) is 50.8. The Morgan fingerprint density at radius 2 is 1.16 bits per heavy atom. The Morgan fingerprint density at radius 3 is 1.64 bits per heavy atom. The van der Waals surface area contributed by atoms with E-state index in [9.17, 15) is 19.2 Å². The molecule has 0 amide bonds. The zero-order valence-electron chi connectivity index (χ0n) is 33.0. The molecule has 0 radical (unpaired) electrons. The van der Waals surface area contributed by atoms with Gasteiger partial charge in [0.25, 0.3) is 0 Å². The fourth-order valence-electron chi connectivity index (χ4n) is 6.14. The van der Waals surface area contributed by atoms with E-state index in [0.717, 1.165) is 11.3 Å². The quantitative estimate of drug-likeness (QED) is 0.0541. The van der Waals surface area contributed by atoms with E-state index in [0.29, 0.717) is 12.8 Å². The second-order valence-corrected chi connectivity index (χ2v) is 16.7. The Balaban J connectivity index is 2.97. The van der Waals surface area contributed by atoms with Crippen LogP contribution in [0, 0.1) is 21.7 Å². The maximum atomic E-state index is 13.7. The summed E-state index contributed by atoms with van der Waals surface area (Å²) in [5.74, 6) is -1.03. The van der Waals surface area contributed by atoms with Gasteiger partial charge in [-0.15, -0.1) is 0 Å². The van der Waals surface area contributed by atoms with Crippen LogP contribution in [-0.4, -0.2) is 68.5 Å². The van der Waals surface area contributed by atoms with Gasteiger partial charge in [0.15, 0.2) is 0 Å².